The van der Waals surface area contributed by atoms with Gasteiger partial charge in [-0.25, -0.2) is 8.42 Å². The number of nitrogens with two attached hydrogens (primary N) is 1. The number of halogens is 1. The Morgan fingerprint density at radius 3 is 2.62 bits per heavy atom. The van der Waals surface area contributed by atoms with E-state index in [1.54, 1.807) is 10.4 Å². The van der Waals surface area contributed by atoms with Crippen molar-refractivity contribution in [2.24, 2.45) is 5.73 Å². The van der Waals surface area contributed by atoms with Gasteiger partial charge in [-0.2, -0.15) is 4.31 Å². The van der Waals surface area contributed by atoms with Crippen LogP contribution >= 0.6 is 15.9 Å². The molecule has 21 heavy (non-hydrogen) atoms. The average Bonchev–Trinajstić information content (AvgIpc) is 2.44. The maximum absolute atomic E-state index is 12.9. The first-order chi connectivity index (χ1) is 9.77. The van der Waals surface area contributed by atoms with Gasteiger partial charge in [-0.3, -0.25) is 0 Å². The van der Waals surface area contributed by atoms with Crippen LogP contribution in [0.15, 0.2) is 21.5 Å². The Labute approximate surface area is 135 Å². The van der Waals surface area contributed by atoms with E-state index < -0.39 is 10.0 Å². The summed E-state index contributed by atoms with van der Waals surface area (Å²) in [5, 5.41) is 0. The van der Waals surface area contributed by atoms with Gasteiger partial charge >= 0.3 is 0 Å². The summed E-state index contributed by atoms with van der Waals surface area (Å²) in [4.78, 5) is 2.49. The van der Waals surface area contributed by atoms with Crippen LogP contribution in [0.3, 0.4) is 0 Å². The molecular formula is C14H22BrN3O2S. The fourth-order valence-corrected chi connectivity index (χ4v) is 5.03. The van der Waals surface area contributed by atoms with Gasteiger partial charge in [-0.15, -0.1) is 0 Å². The lowest BCUT2D eigenvalue weighted by Crippen LogP contribution is -2.51. The Kier molecular flexibility index (Phi) is 5.10. The first kappa shape index (κ1) is 16.9. The molecular weight excluding hydrogens is 354 g/mol. The van der Waals surface area contributed by atoms with Crippen LogP contribution in [0, 0.1) is 6.92 Å². The van der Waals surface area contributed by atoms with Gasteiger partial charge in [-0.1, -0.05) is 6.07 Å². The molecule has 1 aliphatic heterocycles. The molecule has 2 N–H and O–H groups in total. The fourth-order valence-electron chi connectivity index (χ4n) is 2.49. The first-order valence-corrected chi connectivity index (χ1v) is 9.20. The molecule has 2 rings (SSSR count). The summed E-state index contributed by atoms with van der Waals surface area (Å²) in [6, 6.07) is 3.80. The van der Waals surface area contributed by atoms with Crippen molar-refractivity contribution in [3.63, 3.8) is 0 Å². The van der Waals surface area contributed by atoms with Crippen LogP contribution in [0.2, 0.25) is 0 Å². The lowest BCUT2D eigenvalue weighted by atomic mass is 10.1. The van der Waals surface area contributed by atoms with Crippen molar-refractivity contribution >= 4 is 26.0 Å². The Hall–Kier alpha value is -0.470. The predicted molar refractivity (Wildman–Crippen MR) is 87.6 cm³/mol. The number of benzene rings is 1. The minimum atomic E-state index is -3.50. The number of hydrogen-bond donors (Lipinski definition) is 1. The van der Waals surface area contributed by atoms with E-state index in [4.69, 9.17) is 5.73 Å². The Morgan fingerprint density at radius 2 is 2.05 bits per heavy atom. The smallest absolute Gasteiger partial charge is 0.244 e. The number of aryl methyl sites for hydroxylation is 1. The van der Waals surface area contributed by atoms with E-state index in [0.717, 1.165) is 17.7 Å². The molecule has 1 atom stereocenters. The van der Waals surface area contributed by atoms with Crippen LogP contribution in [-0.4, -0.2) is 50.3 Å². The van der Waals surface area contributed by atoms with Crippen molar-refractivity contribution in [3.05, 3.63) is 27.7 Å². The van der Waals surface area contributed by atoms with Crippen molar-refractivity contribution in [2.45, 2.75) is 31.3 Å². The molecule has 0 spiro atoms. The van der Waals surface area contributed by atoms with E-state index in [0.29, 0.717) is 29.0 Å². The average molecular weight is 376 g/mol. The first-order valence-electron chi connectivity index (χ1n) is 6.97. The minimum Gasteiger partial charge on any atom is -0.326 e. The van der Waals surface area contributed by atoms with Crippen LogP contribution < -0.4 is 5.73 Å². The number of likely N-dealkylation sites (N-methyl/N-ethyl adjacent to an activating group) is 1. The molecule has 5 nitrogen and oxygen atoms in total. The monoisotopic (exact) mass is 375 g/mol. The molecule has 0 aromatic heterocycles. The highest BCUT2D eigenvalue weighted by Gasteiger charge is 2.32. The molecule has 1 heterocycles. The standard InChI is InChI=1S/C14H22BrN3O2S/c1-10-6-12(8-16)7-13(14(10)15)21(19,20)18-5-4-17(3)11(2)9-18/h6-7,11H,4-5,8-9,16H2,1-3H3. The second kappa shape index (κ2) is 6.34. The lowest BCUT2D eigenvalue weighted by molar-refractivity contribution is 0.159. The molecule has 1 saturated heterocycles. The minimum absolute atomic E-state index is 0.214. The van der Waals surface area contributed by atoms with Crippen molar-refractivity contribution < 1.29 is 8.42 Å². The second-order valence-corrected chi connectivity index (χ2v) is 8.32. The van der Waals surface area contributed by atoms with E-state index in [9.17, 15) is 8.42 Å². The van der Waals surface area contributed by atoms with Crippen LogP contribution in [0.5, 0.6) is 0 Å². The van der Waals surface area contributed by atoms with E-state index in [1.165, 1.54) is 0 Å². The summed E-state index contributed by atoms with van der Waals surface area (Å²) in [6.45, 7) is 6.02. The summed E-state index contributed by atoms with van der Waals surface area (Å²) < 4.78 is 28.0. The number of piperazine rings is 1. The van der Waals surface area contributed by atoms with Crippen LogP contribution in [-0.2, 0) is 16.6 Å². The molecule has 0 amide bonds. The normalized spacial score (nSPS) is 21.7. The molecule has 1 aromatic rings. The zero-order chi connectivity index (χ0) is 15.8. The summed E-state index contributed by atoms with van der Waals surface area (Å²) in [7, 11) is -1.48. The van der Waals surface area contributed by atoms with Gasteiger partial charge in [-0.05, 0) is 54.0 Å². The van der Waals surface area contributed by atoms with Gasteiger partial charge in [0.05, 0.1) is 4.90 Å². The van der Waals surface area contributed by atoms with Gasteiger partial charge in [0.1, 0.15) is 0 Å². The number of nitrogens with zero attached hydrogens (tertiary/aromatic N) is 2. The lowest BCUT2D eigenvalue weighted by Gasteiger charge is -2.37. The van der Waals surface area contributed by atoms with Gasteiger partial charge < -0.3 is 10.6 Å². The van der Waals surface area contributed by atoms with E-state index in [1.807, 2.05) is 27.0 Å². The molecule has 0 saturated carbocycles. The van der Waals surface area contributed by atoms with Gasteiger partial charge in [0.2, 0.25) is 10.0 Å². The molecule has 118 valence electrons. The number of sulfonamides is 1. The molecule has 1 unspecified atom stereocenters. The predicted octanol–water partition coefficient (Wildman–Crippen LogP) is 1.54. The summed E-state index contributed by atoms with van der Waals surface area (Å²) in [5.41, 5.74) is 7.39. The molecule has 0 aliphatic carbocycles. The van der Waals surface area contributed by atoms with Crippen molar-refractivity contribution in [1.82, 2.24) is 9.21 Å². The number of rotatable bonds is 3. The fraction of sp³-hybridized carbons (Fsp3) is 0.571. The van der Waals surface area contributed by atoms with Gasteiger partial charge in [0.25, 0.3) is 0 Å². The zero-order valence-electron chi connectivity index (χ0n) is 12.6. The largest absolute Gasteiger partial charge is 0.326 e. The zero-order valence-corrected chi connectivity index (χ0v) is 15.0. The quantitative estimate of drug-likeness (QED) is 0.869. The topological polar surface area (TPSA) is 66.6 Å². The second-order valence-electron chi connectivity index (χ2n) is 5.62. The van der Waals surface area contributed by atoms with E-state index in [-0.39, 0.29) is 6.04 Å². The van der Waals surface area contributed by atoms with Crippen molar-refractivity contribution in [3.8, 4) is 0 Å². The van der Waals surface area contributed by atoms with Gasteiger partial charge in [0.15, 0.2) is 0 Å². The molecule has 0 radical (unpaired) electrons. The van der Waals surface area contributed by atoms with Crippen LogP contribution in [0.1, 0.15) is 18.1 Å². The summed E-state index contributed by atoms with van der Waals surface area (Å²) in [5.74, 6) is 0. The van der Waals surface area contributed by atoms with E-state index in [2.05, 4.69) is 20.8 Å². The third-order valence-corrected chi connectivity index (χ3v) is 7.26. The highest BCUT2D eigenvalue weighted by atomic mass is 79.9. The SMILES string of the molecule is Cc1cc(CN)cc(S(=O)(=O)N2CCN(C)C(C)C2)c1Br. The third kappa shape index (κ3) is 3.32. The third-order valence-electron chi connectivity index (χ3n) is 4.06. The Morgan fingerprint density at radius 1 is 1.38 bits per heavy atom. The molecule has 7 heteroatoms. The Balaban J connectivity index is 2.42. The highest BCUT2D eigenvalue weighted by molar-refractivity contribution is 9.10. The van der Waals surface area contributed by atoms with Crippen molar-refractivity contribution in [1.29, 1.82) is 0 Å². The molecule has 1 aromatic carbocycles. The molecule has 1 aliphatic rings. The van der Waals surface area contributed by atoms with Crippen LogP contribution in [0.25, 0.3) is 0 Å². The maximum Gasteiger partial charge on any atom is 0.244 e. The van der Waals surface area contributed by atoms with E-state index >= 15 is 0 Å². The maximum atomic E-state index is 12.9. The molecule has 1 fully saturated rings. The van der Waals surface area contributed by atoms with Crippen molar-refractivity contribution in [2.75, 3.05) is 26.7 Å². The molecule has 0 bridgehead atoms. The van der Waals surface area contributed by atoms with Crippen LogP contribution in [0.4, 0.5) is 0 Å². The number of hydrogen-bond acceptors (Lipinski definition) is 4. The Bertz CT molecular complexity index is 633. The highest BCUT2D eigenvalue weighted by Crippen LogP contribution is 2.30. The summed E-state index contributed by atoms with van der Waals surface area (Å²) in [6.07, 6.45) is 0. The summed E-state index contributed by atoms with van der Waals surface area (Å²) >= 11 is 3.42. The van der Waals surface area contributed by atoms with Gasteiger partial charge in [0, 0.05) is 36.7 Å².